The minimum atomic E-state index is 0.777. The Bertz CT molecular complexity index is 251. The van der Waals surface area contributed by atoms with Crippen molar-refractivity contribution in [2.24, 2.45) is 17.3 Å². The van der Waals surface area contributed by atoms with E-state index < -0.39 is 0 Å². The Balaban J connectivity index is 1.40. The zero-order valence-corrected chi connectivity index (χ0v) is 12.3. The second-order valence-corrected chi connectivity index (χ2v) is 7.49. The number of nitrogens with zero attached hydrogens (tertiary/aromatic N) is 1. The first-order valence-corrected chi connectivity index (χ1v) is 8.52. The van der Waals surface area contributed by atoms with Crippen molar-refractivity contribution in [1.82, 2.24) is 4.90 Å². The number of hydrogen-bond acceptors (Lipinski definition) is 1. The first-order valence-electron chi connectivity index (χ1n) is 8.52. The Hall–Kier alpha value is -0.0400. The first-order chi connectivity index (χ1) is 8.80. The van der Waals surface area contributed by atoms with Gasteiger partial charge in [-0.3, -0.25) is 0 Å². The summed E-state index contributed by atoms with van der Waals surface area (Å²) in [5, 5.41) is 0. The van der Waals surface area contributed by atoms with Crippen LogP contribution in [0.25, 0.3) is 0 Å². The maximum atomic E-state index is 2.63. The van der Waals surface area contributed by atoms with Gasteiger partial charge in [-0.2, -0.15) is 0 Å². The lowest BCUT2D eigenvalue weighted by Gasteiger charge is -2.53. The van der Waals surface area contributed by atoms with Crippen LogP contribution in [-0.2, 0) is 0 Å². The summed E-state index contributed by atoms with van der Waals surface area (Å²) in [6, 6.07) is 0. The van der Waals surface area contributed by atoms with Crippen LogP contribution in [0.5, 0.6) is 0 Å². The summed E-state index contributed by atoms with van der Waals surface area (Å²) in [7, 11) is 0. The molecule has 1 aliphatic heterocycles. The molecule has 0 atom stereocenters. The second kappa shape index (κ2) is 5.53. The van der Waals surface area contributed by atoms with Gasteiger partial charge < -0.3 is 4.90 Å². The van der Waals surface area contributed by atoms with E-state index in [1.165, 1.54) is 38.9 Å². The topological polar surface area (TPSA) is 3.24 Å². The molecule has 1 heterocycles. The van der Waals surface area contributed by atoms with Crippen LogP contribution in [0.15, 0.2) is 0 Å². The monoisotopic (exact) mass is 249 g/mol. The van der Waals surface area contributed by atoms with Gasteiger partial charge >= 0.3 is 0 Å². The van der Waals surface area contributed by atoms with E-state index in [9.17, 15) is 0 Å². The maximum absolute atomic E-state index is 2.63. The largest absolute Gasteiger partial charge is 0.302 e. The molecule has 1 heteroatoms. The van der Waals surface area contributed by atoms with Crippen molar-refractivity contribution in [3.05, 3.63) is 0 Å². The molecule has 104 valence electrons. The molecular formula is C17H31N. The van der Waals surface area contributed by atoms with E-state index in [1.54, 1.807) is 44.9 Å². The zero-order valence-electron chi connectivity index (χ0n) is 12.3. The third kappa shape index (κ3) is 2.76. The Labute approximate surface area is 113 Å². The zero-order chi connectivity index (χ0) is 12.4. The normalized spacial score (nSPS) is 30.5. The van der Waals surface area contributed by atoms with E-state index in [4.69, 9.17) is 0 Å². The molecule has 2 saturated carbocycles. The summed E-state index contributed by atoms with van der Waals surface area (Å²) in [5.74, 6) is 2.20. The van der Waals surface area contributed by atoms with Crippen LogP contribution in [0.1, 0.15) is 71.1 Å². The molecule has 3 fully saturated rings. The van der Waals surface area contributed by atoms with Crippen molar-refractivity contribution in [3.8, 4) is 0 Å². The minimum Gasteiger partial charge on any atom is -0.302 e. The lowest BCUT2D eigenvalue weighted by Crippen LogP contribution is -2.57. The molecule has 0 unspecified atom stereocenters. The van der Waals surface area contributed by atoms with E-state index in [-0.39, 0.29) is 0 Å². The molecule has 0 aromatic carbocycles. The third-order valence-corrected chi connectivity index (χ3v) is 6.12. The van der Waals surface area contributed by atoms with E-state index in [0.29, 0.717) is 0 Å². The first kappa shape index (κ1) is 13.0. The Morgan fingerprint density at radius 3 is 2.11 bits per heavy atom. The average Bonchev–Trinajstić information content (AvgIpc) is 2.38. The maximum Gasteiger partial charge on any atom is 0.00504 e. The van der Waals surface area contributed by atoms with Gasteiger partial charge in [0.2, 0.25) is 0 Å². The number of rotatable bonds is 3. The van der Waals surface area contributed by atoms with E-state index in [0.717, 1.165) is 17.3 Å². The fourth-order valence-electron chi connectivity index (χ4n) is 4.86. The lowest BCUT2D eigenvalue weighted by molar-refractivity contribution is -0.0370. The Morgan fingerprint density at radius 1 is 0.889 bits per heavy atom. The highest BCUT2D eigenvalue weighted by Gasteiger charge is 2.44. The highest BCUT2D eigenvalue weighted by atomic mass is 15.2. The predicted octanol–water partition coefficient (Wildman–Crippen LogP) is 4.47. The van der Waals surface area contributed by atoms with Crippen molar-refractivity contribution < 1.29 is 0 Å². The van der Waals surface area contributed by atoms with Crippen LogP contribution in [-0.4, -0.2) is 24.5 Å². The van der Waals surface area contributed by atoms with Gasteiger partial charge in [0.25, 0.3) is 0 Å². The molecule has 1 nitrogen and oxygen atoms in total. The molecule has 0 N–H and O–H groups in total. The molecule has 0 aromatic rings. The Morgan fingerprint density at radius 2 is 1.50 bits per heavy atom. The summed E-state index contributed by atoms with van der Waals surface area (Å²) >= 11 is 0. The fourth-order valence-corrected chi connectivity index (χ4v) is 4.86. The Kier molecular flexibility index (Phi) is 3.98. The van der Waals surface area contributed by atoms with Crippen molar-refractivity contribution >= 4 is 0 Å². The van der Waals surface area contributed by atoms with Gasteiger partial charge in [0, 0.05) is 13.1 Å². The van der Waals surface area contributed by atoms with Crippen LogP contribution in [0.2, 0.25) is 0 Å². The SMILES string of the molecule is CCN1CC2(CCC(CC3CCCCC3)CC2)C1. The van der Waals surface area contributed by atoms with Gasteiger partial charge in [-0.25, -0.2) is 0 Å². The quantitative estimate of drug-likeness (QED) is 0.713. The van der Waals surface area contributed by atoms with Crippen molar-refractivity contribution in [2.75, 3.05) is 19.6 Å². The summed E-state index contributed by atoms with van der Waals surface area (Å²) in [6.45, 7) is 6.41. The molecule has 0 amide bonds. The van der Waals surface area contributed by atoms with Crippen LogP contribution in [0.3, 0.4) is 0 Å². The molecular weight excluding hydrogens is 218 g/mol. The smallest absolute Gasteiger partial charge is 0.00504 e. The molecule has 0 aromatic heterocycles. The van der Waals surface area contributed by atoms with Crippen molar-refractivity contribution in [1.29, 1.82) is 0 Å². The van der Waals surface area contributed by atoms with Crippen LogP contribution in [0, 0.1) is 17.3 Å². The molecule has 18 heavy (non-hydrogen) atoms. The molecule has 3 rings (SSSR count). The molecule has 3 aliphatic rings. The standard InChI is InChI=1S/C17H31N/c1-2-18-13-17(14-18)10-8-16(9-11-17)12-15-6-4-3-5-7-15/h15-16H,2-14H2,1H3. The fraction of sp³-hybridized carbons (Fsp3) is 1.00. The van der Waals surface area contributed by atoms with Crippen LogP contribution in [0.4, 0.5) is 0 Å². The predicted molar refractivity (Wildman–Crippen MR) is 77.7 cm³/mol. The average molecular weight is 249 g/mol. The summed E-state index contributed by atoms with van der Waals surface area (Å²) < 4.78 is 0. The van der Waals surface area contributed by atoms with Crippen LogP contribution >= 0.6 is 0 Å². The summed E-state index contributed by atoms with van der Waals surface area (Å²) in [6.07, 6.45) is 15.4. The molecule has 0 radical (unpaired) electrons. The highest BCUT2D eigenvalue weighted by Crippen LogP contribution is 2.47. The molecule has 1 spiro atoms. The number of likely N-dealkylation sites (tertiary alicyclic amines) is 1. The van der Waals surface area contributed by atoms with Crippen molar-refractivity contribution in [2.45, 2.75) is 71.1 Å². The van der Waals surface area contributed by atoms with Gasteiger partial charge in [0.05, 0.1) is 0 Å². The molecule has 2 aliphatic carbocycles. The van der Waals surface area contributed by atoms with E-state index in [1.807, 2.05) is 0 Å². The van der Waals surface area contributed by atoms with E-state index in [2.05, 4.69) is 11.8 Å². The highest BCUT2D eigenvalue weighted by molar-refractivity contribution is 4.97. The minimum absolute atomic E-state index is 0.777. The lowest BCUT2D eigenvalue weighted by atomic mass is 9.64. The van der Waals surface area contributed by atoms with E-state index >= 15 is 0 Å². The second-order valence-electron chi connectivity index (χ2n) is 7.49. The van der Waals surface area contributed by atoms with Gasteiger partial charge in [0.1, 0.15) is 0 Å². The van der Waals surface area contributed by atoms with Gasteiger partial charge in [-0.15, -0.1) is 0 Å². The molecule has 0 bridgehead atoms. The third-order valence-electron chi connectivity index (χ3n) is 6.12. The number of hydrogen-bond donors (Lipinski definition) is 0. The van der Waals surface area contributed by atoms with Gasteiger partial charge in [-0.1, -0.05) is 39.0 Å². The molecule has 1 saturated heterocycles. The van der Waals surface area contributed by atoms with Gasteiger partial charge in [-0.05, 0) is 55.9 Å². The van der Waals surface area contributed by atoms with Crippen LogP contribution < -0.4 is 0 Å². The summed E-state index contributed by atoms with van der Waals surface area (Å²) in [5.41, 5.74) is 0.777. The summed E-state index contributed by atoms with van der Waals surface area (Å²) in [4.78, 5) is 2.63. The van der Waals surface area contributed by atoms with Gasteiger partial charge in [0.15, 0.2) is 0 Å². The van der Waals surface area contributed by atoms with Crippen molar-refractivity contribution in [3.63, 3.8) is 0 Å².